The zero-order valence-corrected chi connectivity index (χ0v) is 12.4. The van der Waals surface area contributed by atoms with Crippen molar-refractivity contribution in [1.82, 2.24) is 20.1 Å². The van der Waals surface area contributed by atoms with Crippen LogP contribution in [0.3, 0.4) is 0 Å². The largest absolute Gasteiger partial charge is 0.480 e. The zero-order valence-electron chi connectivity index (χ0n) is 12.4. The number of hydrogen-bond donors (Lipinski definition) is 2. The number of carbonyl (C=O) groups excluding carboxylic acids is 1. The molecule has 0 bridgehead atoms. The van der Waals surface area contributed by atoms with Crippen LogP contribution in [-0.2, 0) is 4.79 Å². The summed E-state index contributed by atoms with van der Waals surface area (Å²) in [5, 5.41) is 15.7. The zero-order chi connectivity index (χ0) is 16.1. The van der Waals surface area contributed by atoms with E-state index in [1.807, 2.05) is 44.2 Å². The Morgan fingerprint density at radius 1 is 1.27 bits per heavy atom. The number of nitrogens with zero attached hydrogens (tertiary/aromatic N) is 3. The average molecular weight is 302 g/mol. The predicted molar refractivity (Wildman–Crippen MR) is 79.7 cm³/mol. The minimum Gasteiger partial charge on any atom is -0.480 e. The molecule has 0 aliphatic heterocycles. The maximum absolute atomic E-state index is 12.1. The summed E-state index contributed by atoms with van der Waals surface area (Å²) >= 11 is 0. The van der Waals surface area contributed by atoms with Gasteiger partial charge in [0.15, 0.2) is 0 Å². The molecule has 22 heavy (non-hydrogen) atoms. The second-order valence-electron chi connectivity index (χ2n) is 5.34. The summed E-state index contributed by atoms with van der Waals surface area (Å²) in [6.07, 6.45) is 1.77. The van der Waals surface area contributed by atoms with Crippen LogP contribution >= 0.6 is 0 Å². The van der Waals surface area contributed by atoms with Gasteiger partial charge in [-0.05, 0) is 24.5 Å². The van der Waals surface area contributed by atoms with Crippen LogP contribution < -0.4 is 5.32 Å². The maximum atomic E-state index is 12.1. The van der Waals surface area contributed by atoms with E-state index >= 15 is 0 Å². The van der Waals surface area contributed by atoms with Crippen molar-refractivity contribution >= 4 is 11.9 Å². The van der Waals surface area contributed by atoms with E-state index < -0.39 is 17.9 Å². The first-order chi connectivity index (χ1) is 10.5. The number of aliphatic carboxylic acids is 1. The molecule has 0 saturated heterocycles. The van der Waals surface area contributed by atoms with Crippen LogP contribution in [-0.4, -0.2) is 37.8 Å². The molecule has 0 radical (unpaired) electrons. The molecule has 1 amide bonds. The number of carboxylic acids is 1. The summed E-state index contributed by atoms with van der Waals surface area (Å²) in [5.41, 5.74) is 0.769. The van der Waals surface area contributed by atoms with Crippen LogP contribution in [0.5, 0.6) is 0 Å². The summed E-state index contributed by atoms with van der Waals surface area (Å²) in [7, 11) is 0. The lowest BCUT2D eigenvalue weighted by Crippen LogP contribution is -2.42. The van der Waals surface area contributed by atoms with Gasteiger partial charge in [0.2, 0.25) is 5.82 Å². The van der Waals surface area contributed by atoms with Gasteiger partial charge in [0, 0.05) is 0 Å². The summed E-state index contributed by atoms with van der Waals surface area (Å²) < 4.78 is 1.47. The lowest BCUT2D eigenvalue weighted by molar-refractivity contribution is -0.139. The van der Waals surface area contributed by atoms with Gasteiger partial charge in [0.25, 0.3) is 5.91 Å². The first-order valence-corrected chi connectivity index (χ1v) is 6.98. The second kappa shape index (κ2) is 6.84. The number of para-hydroxylation sites is 1. The second-order valence-corrected chi connectivity index (χ2v) is 5.34. The third-order valence-corrected chi connectivity index (χ3v) is 3.03. The van der Waals surface area contributed by atoms with E-state index in [0.29, 0.717) is 6.42 Å². The van der Waals surface area contributed by atoms with Crippen molar-refractivity contribution in [2.24, 2.45) is 5.92 Å². The maximum Gasteiger partial charge on any atom is 0.326 e. The van der Waals surface area contributed by atoms with E-state index in [-0.39, 0.29) is 11.7 Å². The van der Waals surface area contributed by atoms with Crippen LogP contribution in [0.25, 0.3) is 5.69 Å². The van der Waals surface area contributed by atoms with Crippen LogP contribution in [0.1, 0.15) is 30.9 Å². The molecule has 1 heterocycles. The molecule has 1 aromatic heterocycles. The highest BCUT2D eigenvalue weighted by Gasteiger charge is 2.23. The fourth-order valence-corrected chi connectivity index (χ4v) is 1.99. The molecule has 0 aliphatic rings. The van der Waals surface area contributed by atoms with Gasteiger partial charge in [-0.2, -0.15) is 0 Å². The Kier molecular flexibility index (Phi) is 4.88. The highest BCUT2D eigenvalue weighted by Crippen LogP contribution is 2.07. The third kappa shape index (κ3) is 3.91. The summed E-state index contributed by atoms with van der Waals surface area (Å²) in [6.45, 7) is 3.79. The number of carboxylic acid groups (broad SMARTS) is 1. The Morgan fingerprint density at radius 2 is 1.95 bits per heavy atom. The highest BCUT2D eigenvalue weighted by atomic mass is 16.4. The fraction of sp³-hybridized carbons (Fsp3) is 0.333. The predicted octanol–water partition coefficient (Wildman–Crippen LogP) is 1.50. The van der Waals surface area contributed by atoms with Gasteiger partial charge in [-0.25, -0.2) is 14.5 Å². The van der Waals surface area contributed by atoms with Crippen LogP contribution in [0.4, 0.5) is 0 Å². The first-order valence-electron chi connectivity index (χ1n) is 6.98. The van der Waals surface area contributed by atoms with Crippen molar-refractivity contribution in [3.05, 3.63) is 42.5 Å². The molecule has 7 heteroatoms. The molecule has 0 saturated carbocycles. The Hall–Kier alpha value is -2.70. The molecular formula is C15H18N4O3. The minimum atomic E-state index is -1.07. The lowest BCUT2D eigenvalue weighted by Gasteiger charge is -2.15. The van der Waals surface area contributed by atoms with E-state index in [4.69, 9.17) is 5.11 Å². The van der Waals surface area contributed by atoms with Crippen molar-refractivity contribution in [2.75, 3.05) is 0 Å². The molecule has 2 aromatic rings. The average Bonchev–Trinajstić information content (AvgIpc) is 2.96. The quantitative estimate of drug-likeness (QED) is 0.842. The molecule has 7 nitrogen and oxygen atoms in total. The van der Waals surface area contributed by atoms with Gasteiger partial charge in [0.05, 0.1) is 5.69 Å². The van der Waals surface area contributed by atoms with Crippen LogP contribution in [0.2, 0.25) is 0 Å². The molecule has 0 spiro atoms. The monoisotopic (exact) mass is 302 g/mol. The summed E-state index contributed by atoms with van der Waals surface area (Å²) in [4.78, 5) is 27.2. The lowest BCUT2D eigenvalue weighted by atomic mass is 10.0. The first kappa shape index (κ1) is 15.7. The summed E-state index contributed by atoms with van der Waals surface area (Å²) in [5.74, 6) is -1.57. The van der Waals surface area contributed by atoms with Crippen molar-refractivity contribution in [2.45, 2.75) is 26.3 Å². The standard InChI is InChI=1S/C15H18N4O3/c1-10(2)8-12(15(21)22)17-14(20)13-16-9-19(18-13)11-6-4-3-5-7-11/h3-7,9-10,12H,8H2,1-2H3,(H,17,20)(H,21,22)/t12-/m1/s1. The summed E-state index contributed by atoms with van der Waals surface area (Å²) in [6, 6.07) is 8.28. The highest BCUT2D eigenvalue weighted by molar-refractivity contribution is 5.93. The fourth-order valence-electron chi connectivity index (χ4n) is 1.99. The third-order valence-electron chi connectivity index (χ3n) is 3.03. The van der Waals surface area contributed by atoms with Gasteiger partial charge >= 0.3 is 5.97 Å². The van der Waals surface area contributed by atoms with E-state index in [2.05, 4.69) is 15.4 Å². The van der Waals surface area contributed by atoms with Gasteiger partial charge in [-0.1, -0.05) is 32.0 Å². The SMILES string of the molecule is CC(C)C[C@@H](NC(=O)c1ncn(-c2ccccc2)n1)C(=O)O. The van der Waals surface area contributed by atoms with E-state index in [0.717, 1.165) is 5.69 Å². The van der Waals surface area contributed by atoms with E-state index in [9.17, 15) is 9.59 Å². The Labute approximate surface area is 128 Å². The van der Waals surface area contributed by atoms with Crippen molar-refractivity contribution in [3.63, 3.8) is 0 Å². The minimum absolute atomic E-state index is 0.0566. The molecule has 1 atom stereocenters. The number of hydrogen-bond acceptors (Lipinski definition) is 4. The number of aromatic nitrogens is 3. The van der Waals surface area contributed by atoms with Gasteiger partial charge in [-0.3, -0.25) is 4.79 Å². The van der Waals surface area contributed by atoms with Gasteiger partial charge < -0.3 is 10.4 Å². The molecule has 0 unspecified atom stereocenters. The molecule has 0 fully saturated rings. The molecule has 2 N–H and O–H groups in total. The van der Waals surface area contributed by atoms with Crippen molar-refractivity contribution < 1.29 is 14.7 Å². The topological polar surface area (TPSA) is 97.1 Å². The van der Waals surface area contributed by atoms with E-state index in [1.54, 1.807) is 0 Å². The Morgan fingerprint density at radius 3 is 2.55 bits per heavy atom. The molecular weight excluding hydrogens is 284 g/mol. The van der Waals surface area contributed by atoms with Gasteiger partial charge in [-0.15, -0.1) is 5.10 Å². The van der Waals surface area contributed by atoms with E-state index in [1.165, 1.54) is 11.0 Å². The number of carbonyl (C=O) groups is 2. The van der Waals surface area contributed by atoms with Gasteiger partial charge in [0.1, 0.15) is 12.4 Å². The smallest absolute Gasteiger partial charge is 0.326 e. The van der Waals surface area contributed by atoms with Crippen molar-refractivity contribution in [1.29, 1.82) is 0 Å². The number of benzene rings is 1. The molecule has 1 aromatic carbocycles. The Bertz CT molecular complexity index is 652. The number of rotatable bonds is 6. The normalized spacial score (nSPS) is 12.1. The van der Waals surface area contributed by atoms with Crippen molar-refractivity contribution in [3.8, 4) is 5.69 Å². The molecule has 0 aliphatic carbocycles. The van der Waals surface area contributed by atoms with Crippen LogP contribution in [0.15, 0.2) is 36.7 Å². The number of nitrogens with one attached hydrogen (secondary N) is 1. The number of amides is 1. The van der Waals surface area contributed by atoms with Crippen LogP contribution in [0, 0.1) is 5.92 Å². The molecule has 116 valence electrons. The molecule has 2 rings (SSSR count). The Balaban J connectivity index is 2.10.